The first-order chi connectivity index (χ1) is 8.83. The number of aromatic nitrogens is 2. The second-order valence-corrected chi connectivity index (χ2v) is 4.62. The highest BCUT2D eigenvalue weighted by Crippen LogP contribution is 2.11. The van der Waals surface area contributed by atoms with Crippen LogP contribution in [0.15, 0.2) is 24.4 Å². The number of rotatable bonds is 3. The molecule has 0 saturated carbocycles. The molecule has 0 bridgehead atoms. The van der Waals surface area contributed by atoms with Crippen LogP contribution in [0.2, 0.25) is 0 Å². The van der Waals surface area contributed by atoms with Crippen molar-refractivity contribution in [1.29, 1.82) is 0 Å². The Kier molecular flexibility index (Phi) is 3.17. The van der Waals surface area contributed by atoms with Gasteiger partial charge in [0.15, 0.2) is 0 Å². The van der Waals surface area contributed by atoms with Gasteiger partial charge in [-0.1, -0.05) is 6.07 Å². The van der Waals surface area contributed by atoms with Gasteiger partial charge in [0.2, 0.25) is 0 Å². The zero-order valence-corrected chi connectivity index (χ0v) is 10.4. The molecule has 1 saturated heterocycles. The Morgan fingerprint density at radius 3 is 2.89 bits per heavy atom. The van der Waals surface area contributed by atoms with Crippen LogP contribution >= 0.6 is 0 Å². The molecule has 0 unspecified atom stereocenters. The van der Waals surface area contributed by atoms with Crippen molar-refractivity contribution in [2.45, 2.75) is 6.42 Å². The SMILES string of the molecule is Nc1cccc2nc(CCN3CCOCC3)cn12. The van der Waals surface area contributed by atoms with Crippen molar-refractivity contribution in [3.63, 3.8) is 0 Å². The van der Waals surface area contributed by atoms with E-state index < -0.39 is 0 Å². The molecule has 5 heteroatoms. The molecule has 2 N–H and O–H groups in total. The molecule has 18 heavy (non-hydrogen) atoms. The van der Waals surface area contributed by atoms with Gasteiger partial charge >= 0.3 is 0 Å². The molecule has 3 rings (SSSR count). The monoisotopic (exact) mass is 246 g/mol. The van der Waals surface area contributed by atoms with Crippen molar-refractivity contribution in [1.82, 2.24) is 14.3 Å². The molecule has 1 fully saturated rings. The maximum absolute atomic E-state index is 5.90. The van der Waals surface area contributed by atoms with Crippen molar-refractivity contribution in [3.05, 3.63) is 30.1 Å². The summed E-state index contributed by atoms with van der Waals surface area (Å²) in [5, 5.41) is 0. The number of nitrogens with two attached hydrogens (primary N) is 1. The first-order valence-electron chi connectivity index (χ1n) is 6.35. The minimum atomic E-state index is 0.734. The lowest BCUT2D eigenvalue weighted by molar-refractivity contribution is 0.0383. The van der Waals surface area contributed by atoms with E-state index in [1.165, 1.54) is 0 Å². The Labute approximate surface area is 106 Å². The lowest BCUT2D eigenvalue weighted by atomic mass is 10.3. The molecule has 0 aromatic carbocycles. The second kappa shape index (κ2) is 4.96. The summed E-state index contributed by atoms with van der Waals surface area (Å²) in [6, 6.07) is 5.80. The van der Waals surface area contributed by atoms with Gasteiger partial charge in [-0.25, -0.2) is 4.98 Å². The molecule has 0 amide bonds. The fraction of sp³-hybridized carbons (Fsp3) is 0.462. The second-order valence-electron chi connectivity index (χ2n) is 4.62. The van der Waals surface area contributed by atoms with E-state index in [9.17, 15) is 0 Å². The fourth-order valence-electron chi connectivity index (χ4n) is 2.30. The van der Waals surface area contributed by atoms with Gasteiger partial charge in [-0.15, -0.1) is 0 Å². The van der Waals surface area contributed by atoms with Gasteiger partial charge in [-0.3, -0.25) is 9.30 Å². The third kappa shape index (κ3) is 2.32. The van der Waals surface area contributed by atoms with Gasteiger partial charge in [0, 0.05) is 32.3 Å². The first-order valence-corrected chi connectivity index (χ1v) is 6.35. The first kappa shape index (κ1) is 11.5. The predicted molar refractivity (Wildman–Crippen MR) is 70.6 cm³/mol. The highest BCUT2D eigenvalue weighted by Gasteiger charge is 2.11. The molecule has 2 aromatic rings. The molecule has 0 aliphatic carbocycles. The van der Waals surface area contributed by atoms with E-state index in [0.29, 0.717) is 0 Å². The molecule has 5 nitrogen and oxygen atoms in total. The van der Waals surface area contributed by atoms with E-state index in [-0.39, 0.29) is 0 Å². The quantitative estimate of drug-likeness (QED) is 0.870. The molecule has 0 radical (unpaired) electrons. The van der Waals surface area contributed by atoms with E-state index in [0.717, 1.165) is 56.4 Å². The number of morpholine rings is 1. The molecule has 96 valence electrons. The number of hydrogen-bond donors (Lipinski definition) is 1. The van der Waals surface area contributed by atoms with Crippen LogP contribution < -0.4 is 5.73 Å². The van der Waals surface area contributed by atoms with Gasteiger partial charge < -0.3 is 10.5 Å². The van der Waals surface area contributed by atoms with Gasteiger partial charge in [-0.2, -0.15) is 0 Å². The average molecular weight is 246 g/mol. The zero-order chi connectivity index (χ0) is 12.4. The smallest absolute Gasteiger partial charge is 0.138 e. The van der Waals surface area contributed by atoms with E-state index in [4.69, 9.17) is 10.5 Å². The Hall–Kier alpha value is -1.59. The molecule has 3 heterocycles. The van der Waals surface area contributed by atoms with Crippen LogP contribution in [0.4, 0.5) is 5.82 Å². The van der Waals surface area contributed by atoms with Crippen LogP contribution in [0.3, 0.4) is 0 Å². The molecule has 1 aliphatic rings. The lowest BCUT2D eigenvalue weighted by Gasteiger charge is -2.26. The van der Waals surface area contributed by atoms with E-state index >= 15 is 0 Å². The molecular weight excluding hydrogens is 228 g/mol. The Morgan fingerprint density at radius 1 is 1.28 bits per heavy atom. The van der Waals surface area contributed by atoms with Crippen molar-refractivity contribution in [2.75, 3.05) is 38.6 Å². The number of anilines is 1. The Bertz CT molecular complexity index is 531. The van der Waals surface area contributed by atoms with E-state index in [2.05, 4.69) is 9.88 Å². The summed E-state index contributed by atoms with van der Waals surface area (Å²) >= 11 is 0. The summed E-state index contributed by atoms with van der Waals surface area (Å²) in [6.45, 7) is 4.77. The number of ether oxygens (including phenoxy) is 1. The average Bonchev–Trinajstić information content (AvgIpc) is 2.82. The maximum atomic E-state index is 5.90. The van der Waals surface area contributed by atoms with Crippen molar-refractivity contribution in [3.8, 4) is 0 Å². The molecule has 2 aromatic heterocycles. The highest BCUT2D eigenvalue weighted by atomic mass is 16.5. The van der Waals surface area contributed by atoms with E-state index in [1.807, 2.05) is 28.8 Å². The maximum Gasteiger partial charge on any atom is 0.138 e. The summed E-state index contributed by atoms with van der Waals surface area (Å²) < 4.78 is 7.28. The van der Waals surface area contributed by atoms with Crippen molar-refractivity contribution < 1.29 is 4.74 Å². The largest absolute Gasteiger partial charge is 0.385 e. The predicted octanol–water partition coefficient (Wildman–Crippen LogP) is 0.791. The number of nitrogen functional groups attached to an aromatic ring is 1. The highest BCUT2D eigenvalue weighted by molar-refractivity contribution is 5.48. The van der Waals surface area contributed by atoms with E-state index in [1.54, 1.807) is 0 Å². The summed E-state index contributed by atoms with van der Waals surface area (Å²) in [6.07, 6.45) is 2.99. The van der Waals surface area contributed by atoms with Crippen LogP contribution in [0.1, 0.15) is 5.69 Å². The van der Waals surface area contributed by atoms with Crippen molar-refractivity contribution in [2.24, 2.45) is 0 Å². The summed E-state index contributed by atoms with van der Waals surface area (Å²) in [7, 11) is 0. The van der Waals surface area contributed by atoms with Crippen LogP contribution in [0.5, 0.6) is 0 Å². The third-order valence-corrected chi connectivity index (χ3v) is 3.36. The minimum Gasteiger partial charge on any atom is -0.385 e. The normalized spacial score (nSPS) is 17.3. The minimum absolute atomic E-state index is 0.734. The van der Waals surface area contributed by atoms with Gasteiger partial charge in [-0.05, 0) is 12.1 Å². The molecule has 1 aliphatic heterocycles. The number of pyridine rings is 1. The van der Waals surface area contributed by atoms with Gasteiger partial charge in [0.05, 0.1) is 18.9 Å². The number of fused-ring (bicyclic) bond motifs is 1. The van der Waals surface area contributed by atoms with Crippen LogP contribution in [0, 0.1) is 0 Å². The fourth-order valence-corrected chi connectivity index (χ4v) is 2.30. The van der Waals surface area contributed by atoms with Gasteiger partial charge in [0.25, 0.3) is 0 Å². The van der Waals surface area contributed by atoms with Gasteiger partial charge in [0.1, 0.15) is 11.5 Å². The standard InChI is InChI=1S/C13H18N4O/c14-12-2-1-3-13-15-11(10-17(12)13)4-5-16-6-8-18-9-7-16/h1-3,10H,4-9,14H2. The Morgan fingerprint density at radius 2 is 2.11 bits per heavy atom. The summed E-state index contributed by atoms with van der Waals surface area (Å²) in [5.41, 5.74) is 7.92. The topological polar surface area (TPSA) is 55.8 Å². The molecular formula is C13H18N4O. The third-order valence-electron chi connectivity index (χ3n) is 3.36. The zero-order valence-electron chi connectivity index (χ0n) is 10.4. The number of imidazole rings is 1. The van der Waals surface area contributed by atoms with Crippen LogP contribution in [-0.2, 0) is 11.2 Å². The number of nitrogens with zero attached hydrogens (tertiary/aromatic N) is 3. The van der Waals surface area contributed by atoms with Crippen LogP contribution in [-0.4, -0.2) is 47.1 Å². The van der Waals surface area contributed by atoms with Crippen LogP contribution in [0.25, 0.3) is 5.65 Å². The molecule has 0 atom stereocenters. The molecule has 0 spiro atoms. The van der Waals surface area contributed by atoms with Crippen molar-refractivity contribution >= 4 is 11.5 Å². The lowest BCUT2D eigenvalue weighted by Crippen LogP contribution is -2.37. The summed E-state index contributed by atoms with van der Waals surface area (Å²) in [5.74, 6) is 0.734. The Balaban J connectivity index is 1.69. The number of hydrogen-bond acceptors (Lipinski definition) is 4. The summed E-state index contributed by atoms with van der Waals surface area (Å²) in [4.78, 5) is 7.00.